The second kappa shape index (κ2) is 6.21. The fourth-order valence-corrected chi connectivity index (χ4v) is 3.20. The molecule has 0 saturated heterocycles. The lowest BCUT2D eigenvalue weighted by atomic mass is 10.2. The average Bonchev–Trinajstić information content (AvgIpc) is 2.89. The molecule has 0 unspecified atom stereocenters. The summed E-state index contributed by atoms with van der Waals surface area (Å²) in [4.78, 5) is 14.4. The van der Waals surface area contributed by atoms with Gasteiger partial charge in [0.25, 0.3) is 0 Å². The summed E-state index contributed by atoms with van der Waals surface area (Å²) in [6.07, 6.45) is 0. The molecule has 1 aromatic heterocycles. The lowest BCUT2D eigenvalue weighted by molar-refractivity contribution is 0.0697. The van der Waals surface area contributed by atoms with Crippen molar-refractivity contribution in [1.82, 2.24) is 0 Å². The highest BCUT2D eigenvalue weighted by Gasteiger charge is 2.12. The van der Waals surface area contributed by atoms with Gasteiger partial charge in [-0.15, -0.1) is 11.3 Å². The monoisotopic (exact) mass is 339 g/mol. The summed E-state index contributed by atoms with van der Waals surface area (Å²) in [7, 11) is 0. The molecule has 0 atom stereocenters. The third kappa shape index (κ3) is 3.36. The Kier molecular flexibility index (Phi) is 4.61. The van der Waals surface area contributed by atoms with Crippen molar-refractivity contribution in [2.24, 2.45) is 0 Å². The topological polar surface area (TPSA) is 40.5 Å². The number of hydrogen-bond acceptors (Lipinski definition) is 3. The third-order valence-electron chi connectivity index (χ3n) is 2.84. The van der Waals surface area contributed by atoms with Crippen molar-refractivity contribution in [2.75, 3.05) is 11.4 Å². The minimum atomic E-state index is -0.909. The van der Waals surface area contributed by atoms with E-state index in [1.165, 1.54) is 4.88 Å². The van der Waals surface area contributed by atoms with E-state index in [1.807, 2.05) is 12.1 Å². The Hall–Kier alpha value is -1.33. The van der Waals surface area contributed by atoms with Crippen LogP contribution in [0.15, 0.2) is 40.2 Å². The maximum absolute atomic E-state index is 10.9. The fraction of sp³-hybridized carbons (Fsp3) is 0.214. The second-order valence-corrected chi connectivity index (χ2v) is 5.95. The molecule has 100 valence electrons. The standard InChI is InChI=1S/C14H14BrNO2S/c1-2-16(9-11-4-3-7-19-11)13-6-5-10(14(17)18)8-12(13)15/h3-8H,2,9H2,1H3,(H,17,18). The van der Waals surface area contributed by atoms with Crippen molar-refractivity contribution in [2.45, 2.75) is 13.5 Å². The molecule has 3 nitrogen and oxygen atoms in total. The molecule has 1 aromatic carbocycles. The van der Waals surface area contributed by atoms with Crippen LogP contribution in [0.3, 0.4) is 0 Å². The lowest BCUT2D eigenvalue weighted by Gasteiger charge is -2.24. The van der Waals surface area contributed by atoms with E-state index in [4.69, 9.17) is 5.11 Å². The number of thiophene rings is 1. The number of carboxylic acids is 1. The number of benzene rings is 1. The number of carboxylic acid groups (broad SMARTS) is 1. The molecular weight excluding hydrogens is 326 g/mol. The predicted octanol–water partition coefficient (Wildman–Crippen LogP) is 4.24. The Labute approximate surface area is 124 Å². The summed E-state index contributed by atoms with van der Waals surface area (Å²) in [6, 6.07) is 9.28. The van der Waals surface area contributed by atoms with E-state index in [1.54, 1.807) is 23.5 Å². The lowest BCUT2D eigenvalue weighted by Crippen LogP contribution is -2.22. The van der Waals surface area contributed by atoms with Crippen LogP contribution in [0.5, 0.6) is 0 Å². The van der Waals surface area contributed by atoms with Gasteiger partial charge in [0.05, 0.1) is 17.8 Å². The number of halogens is 1. The summed E-state index contributed by atoms with van der Waals surface area (Å²) in [5.74, 6) is -0.909. The van der Waals surface area contributed by atoms with Gasteiger partial charge in [-0.1, -0.05) is 6.07 Å². The van der Waals surface area contributed by atoms with Gasteiger partial charge in [0.15, 0.2) is 0 Å². The van der Waals surface area contributed by atoms with Crippen LogP contribution in [-0.4, -0.2) is 17.6 Å². The first kappa shape index (κ1) is 14.1. The number of nitrogens with zero attached hydrogens (tertiary/aromatic N) is 1. The Bertz CT molecular complexity index is 569. The largest absolute Gasteiger partial charge is 0.478 e. The van der Waals surface area contributed by atoms with Gasteiger partial charge in [0.2, 0.25) is 0 Å². The van der Waals surface area contributed by atoms with Gasteiger partial charge in [-0.25, -0.2) is 4.79 Å². The van der Waals surface area contributed by atoms with Crippen LogP contribution in [0.2, 0.25) is 0 Å². The third-order valence-corrected chi connectivity index (χ3v) is 4.34. The number of rotatable bonds is 5. The maximum atomic E-state index is 10.9. The van der Waals surface area contributed by atoms with Gasteiger partial charge in [-0.2, -0.15) is 0 Å². The Morgan fingerprint density at radius 2 is 2.21 bits per heavy atom. The molecule has 0 amide bonds. The number of anilines is 1. The number of hydrogen-bond donors (Lipinski definition) is 1. The fourth-order valence-electron chi connectivity index (χ4n) is 1.85. The molecule has 0 spiro atoms. The zero-order valence-electron chi connectivity index (χ0n) is 10.5. The average molecular weight is 340 g/mol. The number of carbonyl (C=O) groups is 1. The van der Waals surface area contributed by atoms with Crippen LogP contribution in [0, 0.1) is 0 Å². The zero-order valence-corrected chi connectivity index (χ0v) is 12.9. The van der Waals surface area contributed by atoms with Gasteiger partial charge >= 0.3 is 5.97 Å². The highest BCUT2D eigenvalue weighted by Crippen LogP contribution is 2.29. The van der Waals surface area contributed by atoms with E-state index in [-0.39, 0.29) is 0 Å². The summed E-state index contributed by atoms with van der Waals surface area (Å²) < 4.78 is 0.811. The van der Waals surface area contributed by atoms with Crippen LogP contribution >= 0.6 is 27.3 Å². The molecule has 2 aromatic rings. The van der Waals surface area contributed by atoms with Crippen LogP contribution in [0.25, 0.3) is 0 Å². The molecule has 0 saturated carbocycles. The minimum Gasteiger partial charge on any atom is -0.478 e. The van der Waals surface area contributed by atoms with Crippen molar-refractivity contribution in [3.05, 3.63) is 50.6 Å². The highest BCUT2D eigenvalue weighted by molar-refractivity contribution is 9.10. The van der Waals surface area contributed by atoms with E-state index in [9.17, 15) is 4.79 Å². The van der Waals surface area contributed by atoms with E-state index in [0.29, 0.717) is 5.56 Å². The van der Waals surface area contributed by atoms with E-state index in [0.717, 1.165) is 23.2 Å². The van der Waals surface area contributed by atoms with Crippen LogP contribution < -0.4 is 4.90 Å². The van der Waals surface area contributed by atoms with E-state index in [2.05, 4.69) is 39.2 Å². The van der Waals surface area contributed by atoms with Crippen molar-refractivity contribution in [3.63, 3.8) is 0 Å². The quantitative estimate of drug-likeness (QED) is 0.885. The highest BCUT2D eigenvalue weighted by atomic mass is 79.9. The zero-order chi connectivity index (χ0) is 13.8. The first-order valence-corrected chi connectivity index (χ1v) is 7.59. The van der Waals surface area contributed by atoms with Crippen LogP contribution in [0.1, 0.15) is 22.2 Å². The summed E-state index contributed by atoms with van der Waals surface area (Å²) in [5, 5.41) is 11.0. The first-order valence-electron chi connectivity index (χ1n) is 5.92. The number of aromatic carboxylic acids is 1. The predicted molar refractivity (Wildman–Crippen MR) is 82.1 cm³/mol. The molecule has 1 heterocycles. The van der Waals surface area contributed by atoms with Crippen molar-refractivity contribution in [3.8, 4) is 0 Å². The van der Waals surface area contributed by atoms with Crippen LogP contribution in [0.4, 0.5) is 5.69 Å². The van der Waals surface area contributed by atoms with Gasteiger partial charge in [-0.05, 0) is 52.5 Å². The smallest absolute Gasteiger partial charge is 0.335 e. The molecular formula is C14H14BrNO2S. The maximum Gasteiger partial charge on any atom is 0.335 e. The molecule has 19 heavy (non-hydrogen) atoms. The molecule has 1 N–H and O–H groups in total. The summed E-state index contributed by atoms with van der Waals surface area (Å²) >= 11 is 5.18. The molecule has 0 fully saturated rings. The van der Waals surface area contributed by atoms with Crippen molar-refractivity contribution >= 4 is 38.9 Å². The summed E-state index contributed by atoms with van der Waals surface area (Å²) in [5.41, 5.74) is 1.31. The van der Waals surface area contributed by atoms with Crippen molar-refractivity contribution in [1.29, 1.82) is 0 Å². The Morgan fingerprint density at radius 3 is 2.74 bits per heavy atom. The normalized spacial score (nSPS) is 10.4. The molecule has 0 aliphatic heterocycles. The molecule has 0 aliphatic rings. The molecule has 0 aliphatic carbocycles. The van der Waals surface area contributed by atoms with Gasteiger partial charge in [0.1, 0.15) is 0 Å². The van der Waals surface area contributed by atoms with E-state index >= 15 is 0 Å². The Balaban J connectivity index is 2.25. The Morgan fingerprint density at radius 1 is 1.42 bits per heavy atom. The SMILES string of the molecule is CCN(Cc1cccs1)c1ccc(C(=O)O)cc1Br. The van der Waals surface area contributed by atoms with Gasteiger partial charge in [0, 0.05) is 15.9 Å². The van der Waals surface area contributed by atoms with Crippen molar-refractivity contribution < 1.29 is 9.90 Å². The van der Waals surface area contributed by atoms with E-state index < -0.39 is 5.97 Å². The molecule has 5 heteroatoms. The second-order valence-electron chi connectivity index (χ2n) is 4.06. The van der Waals surface area contributed by atoms with Gasteiger partial charge < -0.3 is 10.0 Å². The first-order chi connectivity index (χ1) is 9.11. The minimum absolute atomic E-state index is 0.294. The molecule has 2 rings (SSSR count). The molecule has 0 radical (unpaired) electrons. The van der Waals surface area contributed by atoms with Gasteiger partial charge in [-0.3, -0.25) is 0 Å². The molecule has 0 bridgehead atoms. The summed E-state index contributed by atoms with van der Waals surface area (Å²) in [6.45, 7) is 3.78. The van der Waals surface area contributed by atoms with Crippen LogP contribution in [-0.2, 0) is 6.54 Å².